The Bertz CT molecular complexity index is 415. The van der Waals surface area contributed by atoms with E-state index in [1.54, 1.807) is 24.8 Å². The molecule has 0 aromatic heterocycles. The lowest BCUT2D eigenvalue weighted by molar-refractivity contribution is 0.0725. The van der Waals surface area contributed by atoms with Crippen molar-refractivity contribution < 1.29 is 9.90 Å². The minimum absolute atomic E-state index is 0.166. The smallest absolute Gasteiger partial charge is 0.251 e. The highest BCUT2D eigenvalue weighted by atomic mass is 79.9. The number of aryl methyl sites for hydroxylation is 1. The summed E-state index contributed by atoms with van der Waals surface area (Å²) in [6, 6.07) is 5.54. The summed E-state index contributed by atoms with van der Waals surface area (Å²) in [4.78, 5) is 12.0. The molecule has 0 heterocycles. The lowest BCUT2D eigenvalue weighted by Crippen LogP contribution is -2.42. The minimum Gasteiger partial charge on any atom is -0.387 e. The van der Waals surface area contributed by atoms with Gasteiger partial charge in [-0.2, -0.15) is 11.8 Å². The molecule has 0 aliphatic heterocycles. The average Bonchev–Trinajstić information content (AvgIpc) is 2.24. The van der Waals surface area contributed by atoms with E-state index >= 15 is 0 Å². The maximum atomic E-state index is 12.0. The van der Waals surface area contributed by atoms with Crippen molar-refractivity contribution >= 4 is 33.6 Å². The third-order valence-electron chi connectivity index (χ3n) is 2.39. The highest BCUT2D eigenvalue weighted by Crippen LogP contribution is 2.15. The molecule has 0 saturated carbocycles. The molecular weight excluding hydrogens is 314 g/mol. The lowest BCUT2D eigenvalue weighted by atomic mass is 10.1. The summed E-state index contributed by atoms with van der Waals surface area (Å²) in [7, 11) is 0. The number of nitrogens with one attached hydrogen (secondary N) is 1. The SMILES string of the molecule is CSCC(C)(O)CNC(=O)c1cc(C)cc(Br)c1. The van der Waals surface area contributed by atoms with Gasteiger partial charge in [0.15, 0.2) is 0 Å². The zero-order valence-electron chi connectivity index (χ0n) is 10.8. The number of carbonyl (C=O) groups excluding carboxylic acids is 1. The summed E-state index contributed by atoms with van der Waals surface area (Å²) in [6.07, 6.45) is 1.92. The van der Waals surface area contributed by atoms with E-state index in [2.05, 4.69) is 21.2 Å². The molecule has 100 valence electrons. The van der Waals surface area contributed by atoms with Gasteiger partial charge >= 0.3 is 0 Å². The van der Waals surface area contributed by atoms with Crippen molar-refractivity contribution in [1.82, 2.24) is 5.32 Å². The van der Waals surface area contributed by atoms with E-state index in [1.165, 1.54) is 0 Å². The molecular formula is C13H18BrNO2S. The maximum Gasteiger partial charge on any atom is 0.251 e. The van der Waals surface area contributed by atoms with Gasteiger partial charge in [-0.05, 0) is 43.9 Å². The highest BCUT2D eigenvalue weighted by molar-refractivity contribution is 9.10. The van der Waals surface area contributed by atoms with Crippen LogP contribution in [-0.4, -0.2) is 35.2 Å². The fraction of sp³-hybridized carbons (Fsp3) is 0.462. The van der Waals surface area contributed by atoms with Gasteiger partial charge in [-0.1, -0.05) is 15.9 Å². The summed E-state index contributed by atoms with van der Waals surface area (Å²) in [5, 5.41) is 12.7. The molecule has 0 spiro atoms. The van der Waals surface area contributed by atoms with Crippen molar-refractivity contribution in [1.29, 1.82) is 0 Å². The Morgan fingerprint density at radius 2 is 2.17 bits per heavy atom. The summed E-state index contributed by atoms with van der Waals surface area (Å²) >= 11 is 4.92. The van der Waals surface area contributed by atoms with Crippen LogP contribution in [0.1, 0.15) is 22.8 Å². The minimum atomic E-state index is -0.879. The van der Waals surface area contributed by atoms with Crippen molar-refractivity contribution in [3.05, 3.63) is 33.8 Å². The van der Waals surface area contributed by atoms with Gasteiger partial charge in [-0.3, -0.25) is 4.79 Å². The first-order valence-corrected chi connectivity index (χ1v) is 7.79. The van der Waals surface area contributed by atoms with Crippen LogP contribution in [0.5, 0.6) is 0 Å². The molecule has 0 saturated heterocycles. The number of carbonyl (C=O) groups is 1. The van der Waals surface area contributed by atoms with Crippen LogP contribution in [0.4, 0.5) is 0 Å². The molecule has 0 aliphatic carbocycles. The molecule has 5 heteroatoms. The van der Waals surface area contributed by atoms with Gasteiger partial charge < -0.3 is 10.4 Å². The van der Waals surface area contributed by atoms with E-state index in [1.807, 2.05) is 25.3 Å². The zero-order chi connectivity index (χ0) is 13.8. The average molecular weight is 332 g/mol. The van der Waals surface area contributed by atoms with Crippen LogP contribution in [0, 0.1) is 6.92 Å². The largest absolute Gasteiger partial charge is 0.387 e. The molecule has 18 heavy (non-hydrogen) atoms. The van der Waals surface area contributed by atoms with E-state index in [4.69, 9.17) is 0 Å². The molecule has 0 bridgehead atoms. The topological polar surface area (TPSA) is 49.3 Å². The van der Waals surface area contributed by atoms with Crippen LogP contribution < -0.4 is 5.32 Å². The molecule has 0 aliphatic rings. The predicted molar refractivity (Wildman–Crippen MR) is 80.2 cm³/mol. The Hall–Kier alpha value is -0.520. The normalized spacial score (nSPS) is 14.1. The van der Waals surface area contributed by atoms with Gasteiger partial charge in [0.2, 0.25) is 0 Å². The van der Waals surface area contributed by atoms with Crippen LogP contribution in [0.15, 0.2) is 22.7 Å². The van der Waals surface area contributed by atoms with Crippen LogP contribution in [-0.2, 0) is 0 Å². The monoisotopic (exact) mass is 331 g/mol. The summed E-state index contributed by atoms with van der Waals surface area (Å²) in [5.41, 5.74) is 0.739. The number of thioether (sulfide) groups is 1. The number of rotatable bonds is 5. The van der Waals surface area contributed by atoms with E-state index in [9.17, 15) is 9.90 Å². The number of hydrogen-bond acceptors (Lipinski definition) is 3. The molecule has 0 fully saturated rings. The standard InChI is InChI=1S/C13H18BrNO2S/c1-9-4-10(6-11(14)5-9)12(16)15-7-13(2,17)8-18-3/h4-6,17H,7-8H2,1-3H3,(H,15,16). The van der Waals surface area contributed by atoms with Crippen molar-refractivity contribution in [2.24, 2.45) is 0 Å². The predicted octanol–water partition coefficient (Wildman–Crippen LogP) is 2.60. The Kier molecular flexibility index (Phi) is 5.69. The fourth-order valence-electron chi connectivity index (χ4n) is 1.60. The Balaban J connectivity index is 2.66. The Labute approximate surface area is 120 Å². The number of benzene rings is 1. The Morgan fingerprint density at radius 3 is 2.72 bits per heavy atom. The number of amides is 1. The summed E-state index contributed by atoms with van der Waals surface area (Å²) < 4.78 is 0.878. The summed E-state index contributed by atoms with van der Waals surface area (Å²) in [5.74, 6) is 0.422. The van der Waals surface area contributed by atoms with E-state index in [-0.39, 0.29) is 12.5 Å². The number of aliphatic hydroxyl groups is 1. The van der Waals surface area contributed by atoms with Gasteiger partial charge in [-0.15, -0.1) is 0 Å². The molecule has 1 atom stereocenters. The van der Waals surface area contributed by atoms with E-state index < -0.39 is 5.60 Å². The third kappa shape index (κ3) is 5.00. The first kappa shape index (κ1) is 15.5. The van der Waals surface area contributed by atoms with E-state index in [0.717, 1.165) is 10.0 Å². The molecule has 1 amide bonds. The van der Waals surface area contributed by atoms with E-state index in [0.29, 0.717) is 11.3 Å². The molecule has 1 aromatic carbocycles. The second-order valence-electron chi connectivity index (χ2n) is 4.63. The maximum absolute atomic E-state index is 12.0. The third-order valence-corrected chi connectivity index (χ3v) is 3.76. The highest BCUT2D eigenvalue weighted by Gasteiger charge is 2.20. The van der Waals surface area contributed by atoms with Crippen molar-refractivity contribution in [3.63, 3.8) is 0 Å². The molecule has 1 unspecified atom stereocenters. The number of hydrogen-bond donors (Lipinski definition) is 2. The van der Waals surface area contributed by atoms with Crippen LogP contribution in [0.3, 0.4) is 0 Å². The zero-order valence-corrected chi connectivity index (χ0v) is 13.2. The van der Waals surface area contributed by atoms with Gasteiger partial charge in [0.1, 0.15) is 0 Å². The van der Waals surface area contributed by atoms with Crippen molar-refractivity contribution in [2.45, 2.75) is 19.4 Å². The van der Waals surface area contributed by atoms with Crippen LogP contribution in [0.2, 0.25) is 0 Å². The molecule has 1 rings (SSSR count). The second kappa shape index (κ2) is 6.59. The lowest BCUT2D eigenvalue weighted by Gasteiger charge is -2.22. The molecule has 2 N–H and O–H groups in total. The second-order valence-corrected chi connectivity index (χ2v) is 6.41. The first-order valence-electron chi connectivity index (χ1n) is 5.61. The van der Waals surface area contributed by atoms with Crippen molar-refractivity contribution in [3.8, 4) is 0 Å². The van der Waals surface area contributed by atoms with Crippen molar-refractivity contribution in [2.75, 3.05) is 18.6 Å². The quantitative estimate of drug-likeness (QED) is 0.871. The van der Waals surface area contributed by atoms with Gasteiger partial charge in [0, 0.05) is 22.3 Å². The van der Waals surface area contributed by atoms with Gasteiger partial charge in [0.25, 0.3) is 5.91 Å². The van der Waals surface area contributed by atoms with Gasteiger partial charge in [0.05, 0.1) is 5.60 Å². The summed E-state index contributed by atoms with van der Waals surface area (Å²) in [6.45, 7) is 3.90. The molecule has 3 nitrogen and oxygen atoms in total. The fourth-order valence-corrected chi connectivity index (χ4v) is 2.93. The van der Waals surface area contributed by atoms with Crippen LogP contribution in [0.25, 0.3) is 0 Å². The molecule has 1 aromatic rings. The van der Waals surface area contributed by atoms with Gasteiger partial charge in [-0.25, -0.2) is 0 Å². The first-order chi connectivity index (χ1) is 8.34. The van der Waals surface area contributed by atoms with Crippen LogP contribution >= 0.6 is 27.7 Å². The Morgan fingerprint density at radius 1 is 1.50 bits per heavy atom. The number of halogens is 1. The molecule has 0 radical (unpaired) electrons.